The maximum atomic E-state index is 11.5. The molecule has 1 rings (SSSR count). The fraction of sp³-hybridized carbons (Fsp3) is 0.556. The van der Waals surface area contributed by atoms with Crippen molar-refractivity contribution in [2.24, 2.45) is 5.73 Å². The van der Waals surface area contributed by atoms with Gasteiger partial charge in [-0.05, 0) is 13.8 Å². The van der Waals surface area contributed by atoms with E-state index in [0.29, 0.717) is 12.2 Å². The van der Waals surface area contributed by atoms with Crippen LogP contribution in [0.3, 0.4) is 0 Å². The second kappa shape index (κ2) is 5.19. The first-order valence-corrected chi connectivity index (χ1v) is 5.30. The molecule has 0 fully saturated rings. The van der Waals surface area contributed by atoms with Gasteiger partial charge in [0.25, 0.3) is 0 Å². The van der Waals surface area contributed by atoms with E-state index in [1.54, 1.807) is 5.38 Å². The Hall–Kier alpha value is -0.780. The van der Waals surface area contributed by atoms with Gasteiger partial charge in [0, 0.05) is 11.9 Å². The maximum absolute atomic E-state index is 11.5. The zero-order chi connectivity index (χ0) is 10.6. The summed E-state index contributed by atoms with van der Waals surface area (Å²) in [6, 6.07) is 0. The minimum atomic E-state index is -0.0883. The number of nitrogens with zero attached hydrogens (tertiary/aromatic N) is 1. The number of hydrogen-bond donors (Lipinski definition) is 1. The van der Waals surface area contributed by atoms with Gasteiger partial charge in [-0.25, -0.2) is 4.98 Å². The lowest BCUT2D eigenvalue weighted by atomic mass is 10.3. The van der Waals surface area contributed by atoms with E-state index in [1.807, 2.05) is 13.8 Å². The van der Waals surface area contributed by atoms with Gasteiger partial charge in [0.15, 0.2) is 0 Å². The molecule has 4 nitrogen and oxygen atoms in total. The first kappa shape index (κ1) is 11.3. The van der Waals surface area contributed by atoms with Crippen LogP contribution in [0.15, 0.2) is 5.38 Å². The van der Waals surface area contributed by atoms with Gasteiger partial charge in [0.1, 0.15) is 17.3 Å². The molecule has 0 aromatic carbocycles. The van der Waals surface area contributed by atoms with Crippen LogP contribution in [0.25, 0.3) is 0 Å². The molecular weight excluding hydrogens is 200 g/mol. The highest BCUT2D eigenvalue weighted by atomic mass is 32.1. The molecule has 0 atom stereocenters. The largest absolute Gasteiger partial charge is 0.371 e. The highest BCUT2D eigenvalue weighted by Gasteiger charge is 2.10. The second-order valence-corrected chi connectivity index (χ2v) is 4.06. The molecule has 0 bridgehead atoms. The van der Waals surface area contributed by atoms with Crippen LogP contribution in [0.1, 0.15) is 29.3 Å². The van der Waals surface area contributed by atoms with Crippen LogP contribution in [0.4, 0.5) is 0 Å². The molecule has 2 N–H and O–H groups in total. The van der Waals surface area contributed by atoms with Crippen molar-refractivity contribution >= 4 is 17.1 Å². The van der Waals surface area contributed by atoms with Gasteiger partial charge in [0.05, 0.1) is 6.10 Å². The normalized spacial score (nSPS) is 10.9. The Bertz CT molecular complexity index is 310. The van der Waals surface area contributed by atoms with Gasteiger partial charge in [-0.2, -0.15) is 0 Å². The molecule has 0 aliphatic carbocycles. The van der Waals surface area contributed by atoms with Crippen molar-refractivity contribution in [1.29, 1.82) is 0 Å². The lowest BCUT2D eigenvalue weighted by molar-refractivity contribution is 0.0581. The maximum Gasteiger partial charge on any atom is 0.207 e. The Labute approximate surface area is 87.1 Å². The minimum absolute atomic E-state index is 0.0616. The molecule has 1 aromatic rings. The van der Waals surface area contributed by atoms with Crippen molar-refractivity contribution in [2.45, 2.75) is 26.5 Å². The van der Waals surface area contributed by atoms with Crippen LogP contribution in [0.5, 0.6) is 0 Å². The molecule has 0 spiro atoms. The lowest BCUT2D eigenvalue weighted by Crippen LogP contribution is -2.13. The van der Waals surface area contributed by atoms with Crippen molar-refractivity contribution in [2.75, 3.05) is 6.61 Å². The van der Waals surface area contributed by atoms with Gasteiger partial charge >= 0.3 is 0 Å². The SMILES string of the molecule is CC(C)OCC(=O)c1csc(CN)n1. The van der Waals surface area contributed by atoms with Crippen LogP contribution >= 0.6 is 11.3 Å². The highest BCUT2D eigenvalue weighted by molar-refractivity contribution is 7.09. The first-order chi connectivity index (χ1) is 6.63. The number of ketones is 1. The van der Waals surface area contributed by atoms with Gasteiger partial charge in [-0.15, -0.1) is 11.3 Å². The van der Waals surface area contributed by atoms with E-state index in [2.05, 4.69) is 4.98 Å². The topological polar surface area (TPSA) is 65.2 Å². The third-order valence-electron chi connectivity index (χ3n) is 1.56. The third-order valence-corrected chi connectivity index (χ3v) is 2.43. The number of hydrogen-bond acceptors (Lipinski definition) is 5. The predicted octanol–water partition coefficient (Wildman–Crippen LogP) is 1.21. The number of thiazole rings is 1. The molecular formula is C9H14N2O2S. The molecule has 0 saturated carbocycles. The molecule has 0 unspecified atom stereocenters. The summed E-state index contributed by atoms with van der Waals surface area (Å²) in [4.78, 5) is 15.5. The quantitative estimate of drug-likeness (QED) is 0.748. The summed E-state index contributed by atoms with van der Waals surface area (Å²) in [7, 11) is 0. The Kier molecular flexibility index (Phi) is 4.19. The fourth-order valence-electron chi connectivity index (χ4n) is 0.849. The average molecular weight is 214 g/mol. The Morgan fingerprint density at radius 1 is 1.71 bits per heavy atom. The minimum Gasteiger partial charge on any atom is -0.371 e. The molecule has 0 saturated heterocycles. The Balaban J connectivity index is 2.52. The van der Waals surface area contributed by atoms with Crippen molar-refractivity contribution in [3.63, 3.8) is 0 Å². The fourth-order valence-corrected chi connectivity index (χ4v) is 1.53. The monoisotopic (exact) mass is 214 g/mol. The summed E-state index contributed by atoms with van der Waals surface area (Å²) in [5.41, 5.74) is 5.85. The molecule has 1 heterocycles. The van der Waals surface area contributed by atoms with Crippen LogP contribution in [0.2, 0.25) is 0 Å². The summed E-state index contributed by atoms with van der Waals surface area (Å²) in [6.45, 7) is 4.24. The lowest BCUT2D eigenvalue weighted by Gasteiger charge is -2.04. The molecule has 0 radical (unpaired) electrons. The number of nitrogens with two attached hydrogens (primary N) is 1. The van der Waals surface area contributed by atoms with E-state index in [0.717, 1.165) is 5.01 Å². The molecule has 0 amide bonds. The molecule has 0 aliphatic rings. The molecule has 1 aromatic heterocycles. The van der Waals surface area contributed by atoms with Crippen LogP contribution in [-0.2, 0) is 11.3 Å². The number of carbonyl (C=O) groups excluding carboxylic acids is 1. The number of Topliss-reactive ketones (excluding diaryl/α,β-unsaturated/α-hetero) is 1. The van der Waals surface area contributed by atoms with Gasteiger partial charge < -0.3 is 10.5 Å². The number of aromatic nitrogens is 1. The zero-order valence-electron chi connectivity index (χ0n) is 8.32. The molecule has 5 heteroatoms. The van der Waals surface area contributed by atoms with E-state index in [4.69, 9.17) is 10.5 Å². The van der Waals surface area contributed by atoms with Gasteiger partial charge in [-0.1, -0.05) is 0 Å². The average Bonchev–Trinajstić information content (AvgIpc) is 2.62. The van der Waals surface area contributed by atoms with Crippen molar-refractivity contribution < 1.29 is 9.53 Å². The zero-order valence-corrected chi connectivity index (χ0v) is 9.13. The number of rotatable bonds is 5. The van der Waals surface area contributed by atoms with E-state index in [-0.39, 0.29) is 18.5 Å². The van der Waals surface area contributed by atoms with Crippen LogP contribution in [-0.4, -0.2) is 23.5 Å². The predicted molar refractivity (Wildman–Crippen MR) is 55.4 cm³/mol. The summed E-state index contributed by atoms with van der Waals surface area (Å²) < 4.78 is 5.18. The molecule has 14 heavy (non-hydrogen) atoms. The summed E-state index contributed by atoms with van der Waals surface area (Å²) in [5.74, 6) is -0.0883. The molecule has 78 valence electrons. The van der Waals surface area contributed by atoms with E-state index < -0.39 is 0 Å². The Morgan fingerprint density at radius 2 is 2.43 bits per heavy atom. The standard InChI is InChI=1S/C9H14N2O2S/c1-6(2)13-4-8(12)7-5-14-9(3-10)11-7/h5-6H,3-4,10H2,1-2H3. The number of carbonyl (C=O) groups is 1. The first-order valence-electron chi connectivity index (χ1n) is 4.42. The van der Waals surface area contributed by atoms with Crippen LogP contribution < -0.4 is 5.73 Å². The van der Waals surface area contributed by atoms with Crippen LogP contribution in [0, 0.1) is 0 Å². The molecule has 0 aliphatic heterocycles. The van der Waals surface area contributed by atoms with E-state index in [9.17, 15) is 4.79 Å². The highest BCUT2D eigenvalue weighted by Crippen LogP contribution is 2.09. The smallest absolute Gasteiger partial charge is 0.207 e. The summed E-state index contributed by atoms with van der Waals surface area (Å²) in [6.07, 6.45) is 0.0616. The third kappa shape index (κ3) is 3.17. The van der Waals surface area contributed by atoms with Gasteiger partial charge in [0.2, 0.25) is 5.78 Å². The summed E-state index contributed by atoms with van der Waals surface area (Å²) >= 11 is 1.40. The van der Waals surface area contributed by atoms with E-state index in [1.165, 1.54) is 11.3 Å². The Morgan fingerprint density at radius 3 is 2.93 bits per heavy atom. The van der Waals surface area contributed by atoms with E-state index >= 15 is 0 Å². The van der Waals surface area contributed by atoms with Crippen molar-refractivity contribution in [1.82, 2.24) is 4.98 Å². The summed E-state index contributed by atoms with van der Waals surface area (Å²) in [5, 5.41) is 2.49. The van der Waals surface area contributed by atoms with Gasteiger partial charge in [-0.3, -0.25) is 4.79 Å². The van der Waals surface area contributed by atoms with Crippen molar-refractivity contribution in [3.05, 3.63) is 16.1 Å². The number of ether oxygens (including phenoxy) is 1. The second-order valence-electron chi connectivity index (χ2n) is 3.11. The van der Waals surface area contributed by atoms with Crippen molar-refractivity contribution in [3.8, 4) is 0 Å².